The zero-order valence-electron chi connectivity index (χ0n) is 8.07. The summed E-state index contributed by atoms with van der Waals surface area (Å²) in [6.45, 7) is 1.34. The zero-order valence-corrected chi connectivity index (χ0v) is 10.5. The summed E-state index contributed by atoms with van der Waals surface area (Å²) in [5, 5.41) is 7.98. The number of rotatable bonds is 6. The Morgan fingerprint density at radius 1 is 1.47 bits per heavy atom. The molecule has 0 fully saturated rings. The van der Waals surface area contributed by atoms with E-state index in [2.05, 4.69) is 5.32 Å². The van der Waals surface area contributed by atoms with Gasteiger partial charge in [-0.2, -0.15) is 0 Å². The van der Waals surface area contributed by atoms with Crippen molar-refractivity contribution in [1.82, 2.24) is 5.32 Å². The number of nitrogens with one attached hydrogen (secondary N) is 1. The second-order valence-electron chi connectivity index (χ2n) is 3.10. The summed E-state index contributed by atoms with van der Waals surface area (Å²) in [4.78, 5) is 1.13. The number of hydrogen-bond donors (Lipinski definition) is 2. The fourth-order valence-corrected chi connectivity index (χ4v) is 2.66. The van der Waals surface area contributed by atoms with Crippen LogP contribution in [0.4, 0.5) is 0 Å². The van der Waals surface area contributed by atoms with Crippen molar-refractivity contribution in [3.8, 4) is 0 Å². The SMILES string of the molecule is NS(=O)(=O)CCCNCc1ccc(Cl)s1. The van der Waals surface area contributed by atoms with Gasteiger partial charge in [-0.15, -0.1) is 11.3 Å². The minimum atomic E-state index is -3.32. The first-order chi connectivity index (χ1) is 6.97. The van der Waals surface area contributed by atoms with Gasteiger partial charge < -0.3 is 5.32 Å². The molecule has 0 saturated heterocycles. The molecule has 0 radical (unpaired) electrons. The highest BCUT2D eigenvalue weighted by molar-refractivity contribution is 7.89. The van der Waals surface area contributed by atoms with Crippen LogP contribution in [-0.4, -0.2) is 20.7 Å². The molecule has 3 N–H and O–H groups in total. The number of hydrogen-bond acceptors (Lipinski definition) is 4. The first-order valence-corrected chi connectivity index (χ1v) is 7.34. The predicted octanol–water partition coefficient (Wildman–Crippen LogP) is 1.17. The monoisotopic (exact) mass is 268 g/mol. The van der Waals surface area contributed by atoms with Gasteiger partial charge in [0, 0.05) is 11.4 Å². The summed E-state index contributed by atoms with van der Waals surface area (Å²) in [7, 11) is -3.32. The van der Waals surface area contributed by atoms with Crippen LogP contribution >= 0.6 is 22.9 Å². The summed E-state index contributed by atoms with van der Waals surface area (Å²) < 4.78 is 22.0. The van der Waals surface area contributed by atoms with Gasteiger partial charge in [0.15, 0.2) is 0 Å². The van der Waals surface area contributed by atoms with Crippen molar-refractivity contribution in [2.24, 2.45) is 5.14 Å². The third-order valence-corrected chi connectivity index (χ3v) is 3.80. The van der Waals surface area contributed by atoms with Gasteiger partial charge in [-0.3, -0.25) is 0 Å². The fourth-order valence-electron chi connectivity index (χ4n) is 1.06. The normalized spacial score (nSPS) is 11.9. The minimum absolute atomic E-state index is 0.0190. The molecule has 0 bridgehead atoms. The largest absolute Gasteiger partial charge is 0.312 e. The van der Waals surface area contributed by atoms with Gasteiger partial charge in [-0.1, -0.05) is 11.6 Å². The van der Waals surface area contributed by atoms with Crippen molar-refractivity contribution in [2.45, 2.75) is 13.0 Å². The molecule has 0 aliphatic heterocycles. The minimum Gasteiger partial charge on any atom is -0.312 e. The molecule has 0 amide bonds. The molecule has 1 heterocycles. The van der Waals surface area contributed by atoms with Gasteiger partial charge in [-0.25, -0.2) is 13.6 Å². The van der Waals surface area contributed by atoms with Crippen LogP contribution in [0.2, 0.25) is 4.34 Å². The summed E-state index contributed by atoms with van der Waals surface area (Å²) >= 11 is 7.27. The number of halogens is 1. The lowest BCUT2D eigenvalue weighted by molar-refractivity contribution is 0.590. The van der Waals surface area contributed by atoms with Crippen LogP contribution in [0.1, 0.15) is 11.3 Å². The second-order valence-corrected chi connectivity index (χ2v) is 6.64. The highest BCUT2D eigenvalue weighted by Crippen LogP contribution is 2.20. The molecule has 1 aromatic heterocycles. The molecule has 0 aliphatic carbocycles. The Morgan fingerprint density at radius 2 is 2.20 bits per heavy atom. The van der Waals surface area contributed by atoms with Crippen LogP contribution in [0.15, 0.2) is 12.1 Å². The van der Waals surface area contributed by atoms with E-state index in [4.69, 9.17) is 16.7 Å². The zero-order chi connectivity index (χ0) is 11.3. The van der Waals surface area contributed by atoms with Crippen molar-refractivity contribution in [1.29, 1.82) is 0 Å². The van der Waals surface area contributed by atoms with E-state index in [9.17, 15) is 8.42 Å². The Bertz CT molecular complexity index is 403. The summed E-state index contributed by atoms with van der Waals surface area (Å²) in [5.41, 5.74) is 0. The summed E-state index contributed by atoms with van der Waals surface area (Å²) in [5.74, 6) is 0.0190. The quantitative estimate of drug-likeness (QED) is 0.761. The molecule has 1 aromatic rings. The van der Waals surface area contributed by atoms with Crippen LogP contribution < -0.4 is 10.5 Å². The van der Waals surface area contributed by atoms with Gasteiger partial charge in [0.05, 0.1) is 10.1 Å². The van der Waals surface area contributed by atoms with Crippen LogP contribution in [0.3, 0.4) is 0 Å². The number of nitrogens with two attached hydrogens (primary N) is 1. The first-order valence-electron chi connectivity index (χ1n) is 4.43. The summed E-state index contributed by atoms with van der Waals surface area (Å²) in [6.07, 6.45) is 0.526. The highest BCUT2D eigenvalue weighted by atomic mass is 35.5. The van der Waals surface area contributed by atoms with E-state index >= 15 is 0 Å². The van der Waals surface area contributed by atoms with E-state index in [0.29, 0.717) is 19.5 Å². The Balaban J connectivity index is 2.12. The van der Waals surface area contributed by atoms with E-state index in [0.717, 1.165) is 9.21 Å². The molecule has 7 heteroatoms. The van der Waals surface area contributed by atoms with E-state index in [1.165, 1.54) is 11.3 Å². The predicted molar refractivity (Wildman–Crippen MR) is 63.6 cm³/mol. The lowest BCUT2D eigenvalue weighted by Gasteiger charge is -2.01. The average Bonchev–Trinajstić information content (AvgIpc) is 2.49. The number of thiophene rings is 1. The van der Waals surface area contributed by atoms with Gasteiger partial charge in [0.1, 0.15) is 0 Å². The fraction of sp³-hybridized carbons (Fsp3) is 0.500. The van der Waals surface area contributed by atoms with Crippen LogP contribution in [-0.2, 0) is 16.6 Å². The third kappa shape index (κ3) is 6.11. The Labute approximate surface area is 98.5 Å². The molecule has 0 atom stereocenters. The second kappa shape index (κ2) is 5.81. The third-order valence-electron chi connectivity index (χ3n) is 1.71. The highest BCUT2D eigenvalue weighted by Gasteiger charge is 2.01. The maximum Gasteiger partial charge on any atom is 0.209 e. The Kier molecular flexibility index (Phi) is 5.01. The number of sulfonamides is 1. The first kappa shape index (κ1) is 12.9. The van der Waals surface area contributed by atoms with Gasteiger partial charge in [-0.05, 0) is 25.1 Å². The number of primary sulfonamides is 1. The van der Waals surface area contributed by atoms with Crippen LogP contribution in [0, 0.1) is 0 Å². The Morgan fingerprint density at radius 3 is 2.73 bits per heavy atom. The lowest BCUT2D eigenvalue weighted by Crippen LogP contribution is -2.21. The smallest absolute Gasteiger partial charge is 0.209 e. The molecular formula is C8H13ClN2O2S2. The standard InChI is InChI=1S/C8H13ClN2O2S2/c9-8-3-2-7(14-8)6-11-4-1-5-15(10,12)13/h2-3,11H,1,4-6H2,(H2,10,12,13). The molecule has 0 saturated carbocycles. The summed E-state index contributed by atoms with van der Waals surface area (Å²) in [6, 6.07) is 3.78. The van der Waals surface area contributed by atoms with E-state index in [1.807, 2.05) is 12.1 Å². The molecule has 0 aromatic carbocycles. The van der Waals surface area contributed by atoms with Crippen molar-refractivity contribution in [3.63, 3.8) is 0 Å². The van der Waals surface area contributed by atoms with E-state index in [-0.39, 0.29) is 5.75 Å². The van der Waals surface area contributed by atoms with Crippen molar-refractivity contribution in [3.05, 3.63) is 21.3 Å². The van der Waals surface area contributed by atoms with Gasteiger partial charge >= 0.3 is 0 Å². The van der Waals surface area contributed by atoms with Crippen molar-refractivity contribution < 1.29 is 8.42 Å². The van der Waals surface area contributed by atoms with Crippen molar-refractivity contribution >= 4 is 33.0 Å². The molecule has 4 nitrogen and oxygen atoms in total. The lowest BCUT2D eigenvalue weighted by atomic mass is 10.4. The molecular weight excluding hydrogens is 256 g/mol. The molecule has 86 valence electrons. The molecule has 0 aliphatic rings. The van der Waals surface area contributed by atoms with Crippen molar-refractivity contribution in [2.75, 3.05) is 12.3 Å². The van der Waals surface area contributed by atoms with E-state index in [1.54, 1.807) is 0 Å². The van der Waals surface area contributed by atoms with Crippen LogP contribution in [0.25, 0.3) is 0 Å². The Hall–Kier alpha value is -0.140. The maximum absolute atomic E-state index is 10.6. The molecule has 0 spiro atoms. The topological polar surface area (TPSA) is 72.2 Å². The molecule has 15 heavy (non-hydrogen) atoms. The van der Waals surface area contributed by atoms with Gasteiger partial charge in [0.2, 0.25) is 10.0 Å². The van der Waals surface area contributed by atoms with Crippen LogP contribution in [0.5, 0.6) is 0 Å². The van der Waals surface area contributed by atoms with Gasteiger partial charge in [0.25, 0.3) is 0 Å². The average molecular weight is 269 g/mol. The van der Waals surface area contributed by atoms with E-state index < -0.39 is 10.0 Å². The maximum atomic E-state index is 10.6. The molecule has 0 unspecified atom stereocenters. The molecule has 1 rings (SSSR count).